The second kappa shape index (κ2) is 10.1. The SMILES string of the molecule is CCN(CC)S(=O)(=O)c1ccc(C(C)NC(C)C(=O)Nc2ccc(F)cc2F)cc1. The van der Waals surface area contributed by atoms with Crippen molar-refractivity contribution in [2.75, 3.05) is 18.4 Å². The highest BCUT2D eigenvalue weighted by Crippen LogP contribution is 2.20. The van der Waals surface area contributed by atoms with Crippen molar-refractivity contribution in [1.29, 1.82) is 0 Å². The molecular formula is C21H27F2N3O3S. The Kier molecular flexibility index (Phi) is 8.05. The van der Waals surface area contributed by atoms with Gasteiger partial charge in [0.2, 0.25) is 15.9 Å². The monoisotopic (exact) mass is 439 g/mol. The van der Waals surface area contributed by atoms with Gasteiger partial charge in [-0.05, 0) is 43.7 Å². The fourth-order valence-electron chi connectivity index (χ4n) is 3.02. The number of amides is 1. The number of sulfonamides is 1. The Bertz CT molecular complexity index is 977. The zero-order chi connectivity index (χ0) is 22.5. The maximum Gasteiger partial charge on any atom is 0.243 e. The van der Waals surface area contributed by atoms with Gasteiger partial charge in [-0.2, -0.15) is 4.31 Å². The molecule has 2 aromatic rings. The van der Waals surface area contributed by atoms with Gasteiger partial charge in [-0.25, -0.2) is 17.2 Å². The number of nitrogens with one attached hydrogen (secondary N) is 2. The van der Waals surface area contributed by atoms with Gasteiger partial charge >= 0.3 is 0 Å². The smallest absolute Gasteiger partial charge is 0.243 e. The summed E-state index contributed by atoms with van der Waals surface area (Å²) in [5.41, 5.74) is 0.690. The zero-order valence-corrected chi connectivity index (χ0v) is 18.3. The Morgan fingerprint density at radius 1 is 1.03 bits per heavy atom. The molecule has 0 saturated carbocycles. The third kappa shape index (κ3) is 5.62. The van der Waals surface area contributed by atoms with Crippen LogP contribution in [0.1, 0.15) is 39.3 Å². The van der Waals surface area contributed by atoms with Crippen LogP contribution in [0.3, 0.4) is 0 Å². The zero-order valence-electron chi connectivity index (χ0n) is 17.4. The number of nitrogens with zero attached hydrogens (tertiary/aromatic N) is 1. The lowest BCUT2D eigenvalue weighted by molar-refractivity contribution is -0.118. The first-order valence-electron chi connectivity index (χ1n) is 9.72. The van der Waals surface area contributed by atoms with Gasteiger partial charge < -0.3 is 5.32 Å². The molecule has 1 amide bonds. The lowest BCUT2D eigenvalue weighted by Gasteiger charge is -2.21. The highest BCUT2D eigenvalue weighted by Gasteiger charge is 2.22. The topological polar surface area (TPSA) is 78.5 Å². The first-order valence-corrected chi connectivity index (χ1v) is 11.2. The van der Waals surface area contributed by atoms with Crippen molar-refractivity contribution < 1.29 is 22.0 Å². The van der Waals surface area contributed by atoms with Gasteiger partial charge in [0.1, 0.15) is 11.6 Å². The van der Waals surface area contributed by atoms with Gasteiger partial charge in [-0.3, -0.25) is 10.1 Å². The fraction of sp³-hybridized carbons (Fsp3) is 0.381. The summed E-state index contributed by atoms with van der Waals surface area (Å²) in [4.78, 5) is 12.5. The number of benzene rings is 2. The first kappa shape index (κ1) is 23.9. The lowest BCUT2D eigenvalue weighted by Crippen LogP contribution is -2.39. The third-order valence-electron chi connectivity index (χ3n) is 4.81. The van der Waals surface area contributed by atoms with Crippen LogP contribution in [-0.4, -0.2) is 37.8 Å². The maximum atomic E-state index is 13.7. The second-order valence-electron chi connectivity index (χ2n) is 6.88. The standard InChI is InChI=1S/C21H27F2N3O3S/c1-5-26(6-2)30(28,29)18-10-7-16(8-11-18)14(3)24-15(4)21(27)25-20-12-9-17(22)13-19(20)23/h7-15,24H,5-6H2,1-4H3,(H,25,27). The minimum Gasteiger partial charge on any atom is -0.322 e. The van der Waals surface area contributed by atoms with Crippen LogP contribution in [0.15, 0.2) is 47.4 Å². The molecule has 2 rings (SSSR count). The minimum absolute atomic E-state index is 0.103. The summed E-state index contributed by atoms with van der Waals surface area (Å²) in [6.45, 7) is 7.79. The molecule has 2 atom stereocenters. The van der Waals surface area contributed by atoms with Crippen LogP contribution in [0.2, 0.25) is 0 Å². The fourth-order valence-corrected chi connectivity index (χ4v) is 4.48. The molecule has 0 saturated heterocycles. The minimum atomic E-state index is -3.54. The molecule has 0 aliphatic heterocycles. The Morgan fingerprint density at radius 2 is 1.63 bits per heavy atom. The van der Waals surface area contributed by atoms with Crippen molar-refractivity contribution in [3.63, 3.8) is 0 Å². The van der Waals surface area contributed by atoms with E-state index in [1.54, 1.807) is 45.0 Å². The van der Waals surface area contributed by atoms with Gasteiger partial charge in [0, 0.05) is 25.2 Å². The van der Waals surface area contributed by atoms with Crippen LogP contribution in [0.5, 0.6) is 0 Å². The third-order valence-corrected chi connectivity index (χ3v) is 6.87. The summed E-state index contributed by atoms with van der Waals surface area (Å²) in [5, 5.41) is 5.50. The summed E-state index contributed by atoms with van der Waals surface area (Å²) < 4.78 is 53.2. The molecule has 0 aromatic heterocycles. The number of anilines is 1. The van der Waals surface area contributed by atoms with Crippen LogP contribution in [0, 0.1) is 11.6 Å². The predicted octanol–water partition coefficient (Wildman–Crippen LogP) is 3.67. The summed E-state index contributed by atoms with van der Waals surface area (Å²) in [5.74, 6) is -2.06. The summed E-state index contributed by atoms with van der Waals surface area (Å²) in [6, 6.07) is 8.44. The van der Waals surface area contributed by atoms with E-state index < -0.39 is 33.6 Å². The quantitative estimate of drug-likeness (QED) is 0.625. The number of hydrogen-bond acceptors (Lipinski definition) is 4. The van der Waals surface area contributed by atoms with Gasteiger partial charge in [-0.15, -0.1) is 0 Å². The van der Waals surface area contributed by atoms with E-state index in [1.807, 2.05) is 6.92 Å². The molecule has 164 valence electrons. The highest BCUT2D eigenvalue weighted by molar-refractivity contribution is 7.89. The molecule has 9 heteroatoms. The number of carbonyl (C=O) groups is 1. The number of hydrogen-bond donors (Lipinski definition) is 2. The van der Waals surface area contributed by atoms with Crippen LogP contribution >= 0.6 is 0 Å². The van der Waals surface area contributed by atoms with Crippen molar-refractivity contribution in [3.8, 4) is 0 Å². The van der Waals surface area contributed by atoms with E-state index in [2.05, 4.69) is 10.6 Å². The molecule has 0 heterocycles. The first-order chi connectivity index (χ1) is 14.1. The molecule has 6 nitrogen and oxygen atoms in total. The van der Waals surface area contributed by atoms with E-state index in [0.717, 1.165) is 17.7 Å². The molecule has 0 aliphatic carbocycles. The van der Waals surface area contributed by atoms with E-state index in [9.17, 15) is 22.0 Å². The summed E-state index contributed by atoms with van der Waals surface area (Å²) in [6.07, 6.45) is 0. The Morgan fingerprint density at radius 3 is 2.17 bits per heavy atom. The van der Waals surface area contributed by atoms with Crippen LogP contribution in [-0.2, 0) is 14.8 Å². The van der Waals surface area contributed by atoms with Gasteiger partial charge in [0.05, 0.1) is 16.6 Å². The number of halogens is 2. The number of carbonyl (C=O) groups excluding carboxylic acids is 1. The van der Waals surface area contributed by atoms with Gasteiger partial charge in [0.25, 0.3) is 0 Å². The molecular weight excluding hydrogens is 412 g/mol. The van der Waals surface area contributed by atoms with Crippen molar-refractivity contribution in [2.24, 2.45) is 0 Å². The molecule has 0 spiro atoms. The molecule has 2 unspecified atom stereocenters. The van der Waals surface area contributed by atoms with Crippen LogP contribution < -0.4 is 10.6 Å². The average Bonchev–Trinajstić information content (AvgIpc) is 2.70. The van der Waals surface area contributed by atoms with E-state index in [-0.39, 0.29) is 16.6 Å². The Labute approximate surface area is 176 Å². The summed E-state index contributed by atoms with van der Waals surface area (Å²) >= 11 is 0. The average molecular weight is 440 g/mol. The van der Waals surface area contributed by atoms with E-state index in [4.69, 9.17) is 0 Å². The van der Waals surface area contributed by atoms with Crippen LogP contribution in [0.4, 0.5) is 14.5 Å². The normalized spacial score (nSPS) is 13.8. The van der Waals surface area contributed by atoms with Crippen LogP contribution in [0.25, 0.3) is 0 Å². The lowest BCUT2D eigenvalue weighted by atomic mass is 10.1. The van der Waals surface area contributed by atoms with Crippen molar-refractivity contribution >= 4 is 21.6 Å². The Balaban J connectivity index is 2.04. The largest absolute Gasteiger partial charge is 0.322 e. The van der Waals surface area contributed by atoms with Crippen molar-refractivity contribution in [1.82, 2.24) is 9.62 Å². The molecule has 2 aromatic carbocycles. The highest BCUT2D eigenvalue weighted by atomic mass is 32.2. The molecule has 0 bridgehead atoms. The maximum absolute atomic E-state index is 13.7. The molecule has 30 heavy (non-hydrogen) atoms. The predicted molar refractivity (Wildman–Crippen MR) is 113 cm³/mol. The molecule has 0 fully saturated rings. The molecule has 0 aliphatic rings. The molecule has 0 radical (unpaired) electrons. The molecule has 2 N–H and O–H groups in total. The van der Waals surface area contributed by atoms with Gasteiger partial charge in [-0.1, -0.05) is 26.0 Å². The van der Waals surface area contributed by atoms with Gasteiger partial charge in [0.15, 0.2) is 0 Å². The van der Waals surface area contributed by atoms with E-state index in [0.29, 0.717) is 19.2 Å². The van der Waals surface area contributed by atoms with E-state index >= 15 is 0 Å². The second-order valence-corrected chi connectivity index (χ2v) is 8.82. The van der Waals surface area contributed by atoms with E-state index in [1.165, 1.54) is 4.31 Å². The Hall–Kier alpha value is -2.36. The van der Waals surface area contributed by atoms with Crippen molar-refractivity contribution in [2.45, 2.75) is 44.7 Å². The van der Waals surface area contributed by atoms with Crippen molar-refractivity contribution in [3.05, 3.63) is 59.7 Å². The summed E-state index contributed by atoms with van der Waals surface area (Å²) in [7, 11) is -3.54. The number of rotatable bonds is 9.